The highest BCUT2D eigenvalue weighted by atomic mass is 35.5. The van der Waals surface area contributed by atoms with Crippen molar-refractivity contribution in [2.45, 2.75) is 26.7 Å². The minimum Gasteiger partial charge on any atom is -0.388 e. The van der Waals surface area contributed by atoms with Crippen LogP contribution < -0.4 is 0 Å². The van der Waals surface area contributed by atoms with Crippen LogP contribution in [0.25, 0.3) is 11.3 Å². The van der Waals surface area contributed by atoms with Crippen LogP contribution in [0.2, 0.25) is 5.15 Å². The summed E-state index contributed by atoms with van der Waals surface area (Å²) < 4.78 is 0. The second kappa shape index (κ2) is 5.30. The second-order valence-electron chi connectivity index (χ2n) is 4.40. The molecule has 0 saturated carbocycles. The molecule has 0 spiro atoms. The van der Waals surface area contributed by atoms with Crippen molar-refractivity contribution in [1.82, 2.24) is 9.97 Å². The lowest BCUT2D eigenvalue weighted by Crippen LogP contribution is -2.00. The van der Waals surface area contributed by atoms with Crippen LogP contribution in [-0.2, 0) is 6.61 Å². The number of aromatic amines is 1. The van der Waals surface area contributed by atoms with E-state index >= 15 is 0 Å². The molecule has 2 rings (SSSR count). The zero-order chi connectivity index (χ0) is 14.2. The molecule has 0 amide bonds. The van der Waals surface area contributed by atoms with E-state index in [1.165, 1.54) is 0 Å². The third-order valence-corrected chi connectivity index (χ3v) is 3.28. The number of imidazole rings is 1. The second-order valence-corrected chi connectivity index (χ2v) is 4.78. The first-order chi connectivity index (χ1) is 8.93. The van der Waals surface area contributed by atoms with E-state index in [0.29, 0.717) is 27.8 Å². The Balaban J connectivity index is 2.61. The van der Waals surface area contributed by atoms with E-state index in [1.54, 1.807) is 13.0 Å². The van der Waals surface area contributed by atoms with Crippen molar-refractivity contribution in [2.24, 2.45) is 0 Å². The van der Waals surface area contributed by atoms with Gasteiger partial charge in [0.15, 0.2) is 6.29 Å². The zero-order valence-electron chi connectivity index (χ0n) is 10.6. The molecule has 0 atom stereocenters. The predicted molar refractivity (Wildman–Crippen MR) is 71.6 cm³/mol. The molecule has 19 heavy (non-hydrogen) atoms. The summed E-state index contributed by atoms with van der Waals surface area (Å²) in [6.07, 6.45) is -1.55. The molecule has 0 radical (unpaired) electrons. The first-order valence-electron chi connectivity index (χ1n) is 5.77. The Bertz CT molecular complexity index is 608. The van der Waals surface area contributed by atoms with Crippen LogP contribution in [-0.4, -0.2) is 25.3 Å². The highest BCUT2D eigenvalue weighted by Crippen LogP contribution is 2.32. The molecule has 1 aromatic heterocycles. The monoisotopic (exact) mass is 282 g/mol. The topological polar surface area (TPSA) is 89.4 Å². The van der Waals surface area contributed by atoms with E-state index in [1.807, 2.05) is 13.0 Å². The Morgan fingerprint density at radius 1 is 1.26 bits per heavy atom. The molecule has 5 nitrogen and oxygen atoms in total. The number of aromatic nitrogens is 2. The summed E-state index contributed by atoms with van der Waals surface area (Å²) in [6.45, 7) is 3.45. The Labute approximate surface area is 115 Å². The number of hydrogen-bond donors (Lipinski definition) is 4. The smallest absolute Gasteiger partial charge is 0.178 e. The molecule has 0 aliphatic heterocycles. The van der Waals surface area contributed by atoms with Crippen LogP contribution in [0, 0.1) is 13.8 Å². The minimum absolute atomic E-state index is 0.236. The first-order valence-corrected chi connectivity index (χ1v) is 6.14. The summed E-state index contributed by atoms with van der Waals surface area (Å²) in [5, 5.41) is 28.0. The molecule has 0 fully saturated rings. The molecule has 0 saturated heterocycles. The number of halogens is 1. The number of hydrogen-bond acceptors (Lipinski definition) is 4. The van der Waals surface area contributed by atoms with Crippen molar-refractivity contribution in [3.05, 3.63) is 39.8 Å². The van der Waals surface area contributed by atoms with E-state index in [2.05, 4.69) is 9.97 Å². The van der Waals surface area contributed by atoms with Crippen molar-refractivity contribution in [3.8, 4) is 11.3 Å². The maximum absolute atomic E-state index is 9.34. The molecule has 0 bridgehead atoms. The molecule has 2 aromatic rings. The van der Waals surface area contributed by atoms with Gasteiger partial charge in [0.2, 0.25) is 0 Å². The summed E-state index contributed by atoms with van der Waals surface area (Å²) in [5.41, 5.74) is 3.30. The van der Waals surface area contributed by atoms with Gasteiger partial charge in [0, 0.05) is 11.1 Å². The standard InChI is InChI=1S/C13H15ClN2O3/c1-6-3-7(2)9(13(18)19)4-8(6)11-12(14)16-10(5-17)15-11/h3-4,13,17-19H,5H2,1-2H3,(H,15,16). The summed E-state index contributed by atoms with van der Waals surface area (Å²) in [7, 11) is 0. The Hall–Kier alpha value is -1.40. The SMILES string of the molecule is Cc1cc(C)c(C(O)O)cc1-c1nc(CO)[nH]c1Cl. The summed E-state index contributed by atoms with van der Waals surface area (Å²) in [6, 6.07) is 3.49. The van der Waals surface area contributed by atoms with Gasteiger partial charge in [0.1, 0.15) is 23.3 Å². The van der Waals surface area contributed by atoms with Gasteiger partial charge >= 0.3 is 0 Å². The lowest BCUT2D eigenvalue weighted by atomic mass is 9.98. The molecular formula is C13H15ClN2O3. The van der Waals surface area contributed by atoms with E-state index in [9.17, 15) is 10.2 Å². The van der Waals surface area contributed by atoms with Gasteiger partial charge in [-0.3, -0.25) is 0 Å². The predicted octanol–water partition coefficient (Wildman–Crippen LogP) is 1.82. The van der Waals surface area contributed by atoms with Crippen LogP contribution in [0.4, 0.5) is 0 Å². The molecule has 1 aromatic carbocycles. The van der Waals surface area contributed by atoms with Gasteiger partial charge in [0.25, 0.3) is 0 Å². The van der Waals surface area contributed by atoms with E-state index < -0.39 is 6.29 Å². The van der Waals surface area contributed by atoms with Crippen LogP contribution >= 0.6 is 11.6 Å². The lowest BCUT2D eigenvalue weighted by molar-refractivity contribution is -0.0428. The number of aliphatic hydroxyl groups excluding tert-OH is 2. The molecule has 0 aliphatic rings. The van der Waals surface area contributed by atoms with Crippen LogP contribution in [0.3, 0.4) is 0 Å². The molecule has 4 N–H and O–H groups in total. The molecule has 0 unspecified atom stereocenters. The molecule has 6 heteroatoms. The van der Waals surface area contributed by atoms with E-state index in [4.69, 9.17) is 16.7 Å². The van der Waals surface area contributed by atoms with Crippen LogP contribution in [0.15, 0.2) is 12.1 Å². The number of benzene rings is 1. The largest absolute Gasteiger partial charge is 0.388 e. The van der Waals surface area contributed by atoms with E-state index in [0.717, 1.165) is 11.1 Å². The summed E-state index contributed by atoms with van der Waals surface area (Å²) >= 11 is 6.05. The van der Waals surface area contributed by atoms with Crippen molar-refractivity contribution < 1.29 is 15.3 Å². The number of aryl methyl sites for hydroxylation is 2. The molecule has 102 valence electrons. The number of H-pyrrole nitrogens is 1. The Kier molecular flexibility index (Phi) is 3.91. The number of nitrogens with zero attached hydrogens (tertiary/aromatic N) is 1. The first kappa shape index (κ1) is 14.0. The fourth-order valence-electron chi connectivity index (χ4n) is 2.05. The van der Waals surface area contributed by atoms with Crippen molar-refractivity contribution in [2.75, 3.05) is 0 Å². The average Bonchev–Trinajstić information content (AvgIpc) is 2.70. The Morgan fingerprint density at radius 2 is 1.95 bits per heavy atom. The normalized spacial score (nSPS) is 11.3. The van der Waals surface area contributed by atoms with Crippen LogP contribution in [0.1, 0.15) is 28.8 Å². The highest BCUT2D eigenvalue weighted by molar-refractivity contribution is 6.32. The van der Waals surface area contributed by atoms with Crippen molar-refractivity contribution in [1.29, 1.82) is 0 Å². The number of nitrogens with one attached hydrogen (secondary N) is 1. The highest BCUT2D eigenvalue weighted by Gasteiger charge is 2.16. The third kappa shape index (κ3) is 2.64. The number of aliphatic hydroxyl groups is 3. The van der Waals surface area contributed by atoms with E-state index in [-0.39, 0.29) is 6.61 Å². The Morgan fingerprint density at radius 3 is 2.47 bits per heavy atom. The summed E-state index contributed by atoms with van der Waals surface area (Å²) in [5.74, 6) is 0.367. The van der Waals surface area contributed by atoms with Gasteiger partial charge in [-0.05, 0) is 31.0 Å². The fraction of sp³-hybridized carbons (Fsp3) is 0.308. The summed E-state index contributed by atoms with van der Waals surface area (Å²) in [4.78, 5) is 6.95. The van der Waals surface area contributed by atoms with Gasteiger partial charge in [-0.2, -0.15) is 0 Å². The average molecular weight is 283 g/mol. The zero-order valence-corrected chi connectivity index (χ0v) is 11.4. The molecular weight excluding hydrogens is 268 g/mol. The van der Waals surface area contributed by atoms with Gasteiger partial charge in [-0.1, -0.05) is 17.7 Å². The van der Waals surface area contributed by atoms with Crippen LogP contribution in [0.5, 0.6) is 0 Å². The maximum Gasteiger partial charge on any atom is 0.178 e. The van der Waals surface area contributed by atoms with Gasteiger partial charge in [-0.15, -0.1) is 0 Å². The molecule has 0 aliphatic carbocycles. The third-order valence-electron chi connectivity index (χ3n) is 3.00. The maximum atomic E-state index is 9.34. The fourth-order valence-corrected chi connectivity index (χ4v) is 2.31. The van der Waals surface area contributed by atoms with Gasteiger partial charge in [0.05, 0.1) is 0 Å². The lowest BCUT2D eigenvalue weighted by Gasteiger charge is -2.12. The minimum atomic E-state index is -1.55. The molecule has 1 heterocycles. The van der Waals surface area contributed by atoms with Crippen molar-refractivity contribution in [3.63, 3.8) is 0 Å². The van der Waals surface area contributed by atoms with Crippen molar-refractivity contribution >= 4 is 11.6 Å². The number of rotatable bonds is 3. The van der Waals surface area contributed by atoms with Gasteiger partial charge < -0.3 is 20.3 Å². The quantitative estimate of drug-likeness (QED) is 0.647. The van der Waals surface area contributed by atoms with Gasteiger partial charge in [-0.25, -0.2) is 4.98 Å².